The second-order valence-electron chi connectivity index (χ2n) is 3.57. The minimum absolute atomic E-state index is 0.883. The summed E-state index contributed by atoms with van der Waals surface area (Å²) in [7, 11) is 0. The Hall–Kier alpha value is -1.23. The van der Waals surface area contributed by atoms with Crippen molar-refractivity contribution < 1.29 is 0 Å². The molecule has 0 fully saturated rings. The predicted molar refractivity (Wildman–Crippen MR) is 69.1 cm³/mol. The van der Waals surface area contributed by atoms with Crippen LogP contribution in [-0.4, -0.2) is 33.2 Å². The van der Waals surface area contributed by atoms with Gasteiger partial charge in [-0.25, -0.2) is 9.50 Å². The summed E-state index contributed by atoms with van der Waals surface area (Å²) in [6, 6.07) is 3.85. The van der Waals surface area contributed by atoms with Gasteiger partial charge in [-0.3, -0.25) is 0 Å². The molecule has 0 saturated heterocycles. The fourth-order valence-electron chi connectivity index (χ4n) is 1.50. The van der Waals surface area contributed by atoms with E-state index in [0.29, 0.717) is 0 Å². The largest absolute Gasteiger partial charge is 0.370 e. The molecule has 0 radical (unpaired) electrons. The second-order valence-corrected chi connectivity index (χ2v) is 4.56. The maximum atomic E-state index is 4.44. The fourth-order valence-corrected chi connectivity index (χ4v) is 1.99. The molecule has 0 aliphatic carbocycles. The summed E-state index contributed by atoms with van der Waals surface area (Å²) < 4.78 is 1.76. The van der Waals surface area contributed by atoms with Gasteiger partial charge in [0.2, 0.25) is 0 Å². The first-order chi connectivity index (χ1) is 7.90. The van der Waals surface area contributed by atoms with Gasteiger partial charge in [0.25, 0.3) is 0 Å². The molecule has 0 atom stereocenters. The van der Waals surface area contributed by atoms with Crippen LogP contribution < -0.4 is 5.32 Å². The molecular formula is C11H16N4S. The summed E-state index contributed by atoms with van der Waals surface area (Å²) in [5.74, 6) is 2.16. The molecule has 5 heteroatoms. The lowest BCUT2D eigenvalue weighted by Crippen LogP contribution is -2.04. The molecule has 4 nitrogen and oxygen atoms in total. The Labute approximate surface area is 99.5 Å². The highest BCUT2D eigenvalue weighted by molar-refractivity contribution is 7.98. The highest BCUT2D eigenvalue weighted by Crippen LogP contribution is 2.06. The number of fused-ring (bicyclic) bond motifs is 1. The van der Waals surface area contributed by atoms with Crippen molar-refractivity contribution in [2.24, 2.45) is 0 Å². The third-order valence-electron chi connectivity index (χ3n) is 2.34. The normalized spacial score (nSPS) is 10.8. The van der Waals surface area contributed by atoms with Crippen molar-refractivity contribution in [3.05, 3.63) is 24.5 Å². The van der Waals surface area contributed by atoms with Crippen LogP contribution in [0.1, 0.15) is 12.8 Å². The molecule has 0 aliphatic rings. The summed E-state index contributed by atoms with van der Waals surface area (Å²) in [4.78, 5) is 4.44. The van der Waals surface area contributed by atoms with Gasteiger partial charge in [0.15, 0.2) is 5.65 Å². The standard InChI is InChI=1S/C11H16N4S/c1-16-9-3-2-6-12-10-5-8-15-11(14-10)4-7-13-15/h4-5,7-8H,2-3,6,9H2,1H3,(H,12,14). The van der Waals surface area contributed by atoms with E-state index in [0.717, 1.165) is 18.0 Å². The Morgan fingerprint density at radius 1 is 1.38 bits per heavy atom. The van der Waals surface area contributed by atoms with E-state index < -0.39 is 0 Å². The number of anilines is 1. The lowest BCUT2D eigenvalue weighted by Gasteiger charge is -2.05. The van der Waals surface area contributed by atoms with Gasteiger partial charge in [0, 0.05) is 18.8 Å². The molecule has 0 amide bonds. The second kappa shape index (κ2) is 5.75. The topological polar surface area (TPSA) is 42.2 Å². The minimum atomic E-state index is 0.883. The number of thioether (sulfide) groups is 1. The van der Waals surface area contributed by atoms with E-state index in [1.54, 1.807) is 10.7 Å². The predicted octanol–water partition coefficient (Wildman–Crippen LogP) is 2.28. The lowest BCUT2D eigenvalue weighted by molar-refractivity contribution is 0.838. The molecule has 0 unspecified atom stereocenters. The average molecular weight is 236 g/mol. The Kier molecular flexibility index (Phi) is 4.04. The molecule has 0 aromatic carbocycles. The van der Waals surface area contributed by atoms with E-state index in [2.05, 4.69) is 21.7 Å². The number of hydrogen-bond donors (Lipinski definition) is 1. The monoisotopic (exact) mass is 236 g/mol. The summed E-state index contributed by atoms with van der Waals surface area (Å²) >= 11 is 1.90. The molecular weight excluding hydrogens is 220 g/mol. The number of nitrogens with zero attached hydrogens (tertiary/aromatic N) is 3. The van der Waals surface area contributed by atoms with Crippen LogP contribution in [0, 0.1) is 0 Å². The molecule has 16 heavy (non-hydrogen) atoms. The van der Waals surface area contributed by atoms with Gasteiger partial charge in [0.05, 0.1) is 6.20 Å². The van der Waals surface area contributed by atoms with Crippen LogP contribution in [0.4, 0.5) is 5.82 Å². The molecule has 2 aromatic rings. The SMILES string of the molecule is CSCCCCNc1ccn2nccc2n1. The quantitative estimate of drug-likeness (QED) is 0.781. The van der Waals surface area contributed by atoms with E-state index >= 15 is 0 Å². The zero-order chi connectivity index (χ0) is 11.2. The van der Waals surface area contributed by atoms with Crippen LogP contribution >= 0.6 is 11.8 Å². The average Bonchev–Trinajstić information content (AvgIpc) is 2.76. The van der Waals surface area contributed by atoms with Gasteiger partial charge in [-0.05, 0) is 30.9 Å². The van der Waals surface area contributed by atoms with Gasteiger partial charge < -0.3 is 5.32 Å². The highest BCUT2D eigenvalue weighted by atomic mass is 32.2. The first-order valence-electron chi connectivity index (χ1n) is 5.43. The van der Waals surface area contributed by atoms with Crippen LogP contribution in [0.5, 0.6) is 0 Å². The van der Waals surface area contributed by atoms with Gasteiger partial charge in [0.1, 0.15) is 5.82 Å². The first-order valence-corrected chi connectivity index (χ1v) is 6.83. The summed E-state index contributed by atoms with van der Waals surface area (Å²) in [6.45, 7) is 0.984. The summed E-state index contributed by atoms with van der Waals surface area (Å²) in [6.07, 6.45) is 8.26. The molecule has 2 aromatic heterocycles. The van der Waals surface area contributed by atoms with E-state index in [1.165, 1.54) is 18.6 Å². The maximum Gasteiger partial charge on any atom is 0.157 e. The number of aromatic nitrogens is 3. The summed E-state index contributed by atoms with van der Waals surface area (Å²) in [5.41, 5.74) is 0.883. The van der Waals surface area contributed by atoms with Crippen LogP contribution in [0.2, 0.25) is 0 Å². The van der Waals surface area contributed by atoms with Crippen molar-refractivity contribution in [2.75, 3.05) is 23.9 Å². The van der Waals surface area contributed by atoms with Crippen molar-refractivity contribution in [1.29, 1.82) is 0 Å². The van der Waals surface area contributed by atoms with Crippen molar-refractivity contribution in [2.45, 2.75) is 12.8 Å². The lowest BCUT2D eigenvalue weighted by atomic mass is 10.3. The van der Waals surface area contributed by atoms with Crippen LogP contribution in [-0.2, 0) is 0 Å². The van der Waals surface area contributed by atoms with Gasteiger partial charge in [-0.1, -0.05) is 0 Å². The van der Waals surface area contributed by atoms with Crippen molar-refractivity contribution >= 4 is 23.2 Å². The number of rotatable bonds is 6. The maximum absolute atomic E-state index is 4.44. The van der Waals surface area contributed by atoms with Crippen LogP contribution in [0.15, 0.2) is 24.5 Å². The van der Waals surface area contributed by atoms with E-state index in [4.69, 9.17) is 0 Å². The molecule has 1 N–H and O–H groups in total. The van der Waals surface area contributed by atoms with Crippen molar-refractivity contribution in [1.82, 2.24) is 14.6 Å². The molecule has 0 saturated carbocycles. The molecule has 86 valence electrons. The smallest absolute Gasteiger partial charge is 0.157 e. The highest BCUT2D eigenvalue weighted by Gasteiger charge is 1.97. The van der Waals surface area contributed by atoms with E-state index in [1.807, 2.05) is 30.1 Å². The zero-order valence-corrected chi connectivity index (χ0v) is 10.2. The van der Waals surface area contributed by atoms with E-state index in [-0.39, 0.29) is 0 Å². The minimum Gasteiger partial charge on any atom is -0.370 e. The fraction of sp³-hybridized carbons (Fsp3) is 0.455. The first kappa shape index (κ1) is 11.3. The zero-order valence-electron chi connectivity index (χ0n) is 9.39. The Morgan fingerprint density at radius 2 is 2.31 bits per heavy atom. The third kappa shape index (κ3) is 2.88. The van der Waals surface area contributed by atoms with Crippen molar-refractivity contribution in [3.8, 4) is 0 Å². The summed E-state index contributed by atoms with van der Waals surface area (Å²) in [5, 5.41) is 7.43. The molecule has 2 heterocycles. The van der Waals surface area contributed by atoms with Gasteiger partial charge in [-0.2, -0.15) is 16.9 Å². The number of unbranched alkanes of at least 4 members (excludes halogenated alkanes) is 1. The molecule has 0 bridgehead atoms. The molecule has 0 aliphatic heterocycles. The van der Waals surface area contributed by atoms with E-state index in [9.17, 15) is 0 Å². The van der Waals surface area contributed by atoms with Gasteiger partial charge in [-0.15, -0.1) is 0 Å². The Morgan fingerprint density at radius 3 is 3.19 bits per heavy atom. The van der Waals surface area contributed by atoms with Crippen LogP contribution in [0.25, 0.3) is 5.65 Å². The van der Waals surface area contributed by atoms with Crippen molar-refractivity contribution in [3.63, 3.8) is 0 Å². The van der Waals surface area contributed by atoms with Gasteiger partial charge >= 0.3 is 0 Å². The number of nitrogens with one attached hydrogen (secondary N) is 1. The Bertz CT molecular complexity index is 440. The number of hydrogen-bond acceptors (Lipinski definition) is 4. The Balaban J connectivity index is 1.84. The van der Waals surface area contributed by atoms with Crippen LogP contribution in [0.3, 0.4) is 0 Å². The molecule has 2 rings (SSSR count). The molecule has 0 spiro atoms. The third-order valence-corrected chi connectivity index (χ3v) is 3.04.